The number of unbranched alkanes of at least 4 members (excludes halogenated alkanes) is 5. The first kappa shape index (κ1) is 23.6. The van der Waals surface area contributed by atoms with Gasteiger partial charge in [0.05, 0.1) is 0 Å². The fraction of sp³-hybridized carbons (Fsp3) is 0.889. The van der Waals surface area contributed by atoms with Crippen molar-refractivity contribution in [2.24, 2.45) is 5.41 Å². The molecule has 1 amide bonds. The Bertz CT molecular complexity index is 325. The lowest BCUT2D eigenvalue weighted by Gasteiger charge is -2.30. The van der Waals surface area contributed by atoms with Crippen LogP contribution in [0.5, 0.6) is 0 Å². The molecule has 1 N–H and O–H groups in total. The van der Waals surface area contributed by atoms with Crippen LogP contribution in [0.1, 0.15) is 65.7 Å². The van der Waals surface area contributed by atoms with E-state index in [-0.39, 0.29) is 11.3 Å². The Morgan fingerprint density at radius 2 is 1.71 bits per heavy atom. The van der Waals surface area contributed by atoms with Gasteiger partial charge in [-0.05, 0) is 24.7 Å². The molecule has 0 aromatic carbocycles. The van der Waals surface area contributed by atoms with Crippen molar-refractivity contribution in [2.45, 2.75) is 71.8 Å². The smallest absolute Gasteiger partial charge is 0.377 e. The lowest BCUT2D eigenvalue weighted by atomic mass is 9.90. The van der Waals surface area contributed by atoms with Crippen molar-refractivity contribution in [2.75, 3.05) is 27.9 Å². The summed E-state index contributed by atoms with van der Waals surface area (Å²) in [6.07, 6.45) is 9.40. The standard InChI is InChI=1S/C18H38NO4Si/c1-7-8-9-10-11-12-13-17(20)19-16-18(2,3)14-15-24(21-4,22-5)23-6/h11H,7-10,12-16H2,1-6H3,(H,19,20). The lowest BCUT2D eigenvalue weighted by molar-refractivity contribution is -0.121. The van der Waals surface area contributed by atoms with E-state index in [1.54, 1.807) is 21.3 Å². The van der Waals surface area contributed by atoms with Crippen LogP contribution in [0.3, 0.4) is 0 Å². The predicted molar refractivity (Wildman–Crippen MR) is 101 cm³/mol. The van der Waals surface area contributed by atoms with Crippen LogP contribution in [-0.2, 0) is 18.1 Å². The number of carbonyl (C=O) groups is 1. The zero-order valence-electron chi connectivity index (χ0n) is 16.6. The highest BCUT2D eigenvalue weighted by molar-refractivity contribution is 6.60. The highest BCUT2D eigenvalue weighted by atomic mass is 28.4. The molecule has 0 saturated heterocycles. The Kier molecular flexibility index (Phi) is 12.6. The van der Waals surface area contributed by atoms with Gasteiger partial charge in [0.1, 0.15) is 0 Å². The van der Waals surface area contributed by atoms with E-state index in [4.69, 9.17) is 13.3 Å². The van der Waals surface area contributed by atoms with E-state index < -0.39 is 8.80 Å². The second-order valence-corrected chi connectivity index (χ2v) is 10.2. The van der Waals surface area contributed by atoms with Crippen molar-refractivity contribution in [1.29, 1.82) is 0 Å². The number of hydrogen-bond acceptors (Lipinski definition) is 4. The van der Waals surface area contributed by atoms with E-state index in [2.05, 4.69) is 32.5 Å². The average molecular weight is 361 g/mol. The minimum Gasteiger partial charge on any atom is -0.377 e. The minimum absolute atomic E-state index is 0.0195. The van der Waals surface area contributed by atoms with Crippen molar-refractivity contribution in [3.8, 4) is 0 Å². The number of amides is 1. The van der Waals surface area contributed by atoms with Gasteiger partial charge in [-0.25, -0.2) is 0 Å². The maximum atomic E-state index is 12.0. The Hall–Kier alpha value is -0.433. The Morgan fingerprint density at radius 3 is 2.25 bits per heavy atom. The molecule has 0 aromatic heterocycles. The summed E-state index contributed by atoms with van der Waals surface area (Å²) < 4.78 is 16.4. The number of rotatable bonds is 15. The van der Waals surface area contributed by atoms with E-state index in [1.165, 1.54) is 19.3 Å². The summed E-state index contributed by atoms with van der Waals surface area (Å²) in [6, 6.07) is 0.741. The normalized spacial score (nSPS) is 12.4. The molecule has 1 radical (unpaired) electrons. The molecule has 0 aromatic rings. The molecule has 24 heavy (non-hydrogen) atoms. The van der Waals surface area contributed by atoms with E-state index >= 15 is 0 Å². The minimum atomic E-state index is -2.54. The summed E-state index contributed by atoms with van der Waals surface area (Å²) in [5.41, 5.74) is -0.0195. The van der Waals surface area contributed by atoms with E-state index in [0.29, 0.717) is 13.0 Å². The SMILES string of the molecule is CCCCC[CH]CCC(=O)NCC(C)(C)CC[Si](OC)(OC)OC. The van der Waals surface area contributed by atoms with Crippen molar-refractivity contribution < 1.29 is 18.1 Å². The monoisotopic (exact) mass is 360 g/mol. The maximum Gasteiger partial charge on any atom is 0.500 e. The van der Waals surface area contributed by atoms with Gasteiger partial charge >= 0.3 is 8.80 Å². The van der Waals surface area contributed by atoms with Gasteiger partial charge in [-0.1, -0.05) is 46.5 Å². The van der Waals surface area contributed by atoms with E-state index in [0.717, 1.165) is 25.3 Å². The van der Waals surface area contributed by atoms with Crippen LogP contribution < -0.4 is 5.32 Å². The molecule has 0 rings (SSSR count). The number of carbonyl (C=O) groups excluding carboxylic acids is 1. The summed E-state index contributed by atoms with van der Waals surface area (Å²) in [5.74, 6) is 0.128. The molecular weight excluding hydrogens is 322 g/mol. The fourth-order valence-electron chi connectivity index (χ4n) is 2.48. The molecule has 0 unspecified atom stereocenters. The third kappa shape index (κ3) is 10.4. The van der Waals surface area contributed by atoms with Crippen molar-refractivity contribution in [3.05, 3.63) is 6.42 Å². The van der Waals surface area contributed by atoms with E-state index in [1.807, 2.05) is 0 Å². The molecule has 0 saturated carbocycles. The largest absolute Gasteiger partial charge is 0.500 e. The van der Waals surface area contributed by atoms with Crippen LogP contribution in [0.15, 0.2) is 0 Å². The number of hydrogen-bond donors (Lipinski definition) is 1. The first-order chi connectivity index (χ1) is 11.3. The molecule has 143 valence electrons. The van der Waals surface area contributed by atoms with Gasteiger partial charge in [-0.2, -0.15) is 0 Å². The molecular formula is C18H38NO4Si. The second kappa shape index (κ2) is 12.9. The molecule has 6 heteroatoms. The zero-order valence-corrected chi connectivity index (χ0v) is 17.6. The maximum absolute atomic E-state index is 12.0. The third-order valence-corrected chi connectivity index (χ3v) is 7.12. The van der Waals surface area contributed by atoms with Gasteiger partial charge in [-0.3, -0.25) is 4.79 Å². The first-order valence-electron chi connectivity index (χ1n) is 9.08. The van der Waals surface area contributed by atoms with Crippen LogP contribution >= 0.6 is 0 Å². The molecule has 0 aliphatic rings. The van der Waals surface area contributed by atoms with Crippen molar-refractivity contribution in [1.82, 2.24) is 5.32 Å². The molecule has 0 aliphatic heterocycles. The van der Waals surface area contributed by atoms with Crippen LogP contribution in [0, 0.1) is 11.8 Å². The summed E-state index contributed by atoms with van der Waals surface area (Å²) >= 11 is 0. The molecule has 0 aliphatic carbocycles. The molecule has 0 fully saturated rings. The van der Waals surface area contributed by atoms with E-state index in [9.17, 15) is 4.79 Å². The Balaban J connectivity index is 3.99. The quantitative estimate of drug-likeness (QED) is 0.355. The van der Waals surface area contributed by atoms with Gasteiger partial charge < -0.3 is 18.6 Å². The van der Waals surface area contributed by atoms with Gasteiger partial charge in [-0.15, -0.1) is 0 Å². The third-order valence-electron chi connectivity index (χ3n) is 4.39. The Morgan fingerprint density at radius 1 is 1.08 bits per heavy atom. The van der Waals surface area contributed by atoms with Crippen molar-refractivity contribution in [3.63, 3.8) is 0 Å². The van der Waals surface area contributed by atoms with Gasteiger partial charge in [0.2, 0.25) is 5.91 Å². The van der Waals surface area contributed by atoms with Crippen LogP contribution in [0.2, 0.25) is 6.04 Å². The predicted octanol–water partition coefficient (Wildman–Crippen LogP) is 3.96. The summed E-state index contributed by atoms with van der Waals surface area (Å²) in [4.78, 5) is 12.0. The van der Waals surface area contributed by atoms with Crippen LogP contribution in [0.25, 0.3) is 0 Å². The molecule has 5 nitrogen and oxygen atoms in total. The molecule has 0 heterocycles. The highest BCUT2D eigenvalue weighted by Gasteiger charge is 2.39. The molecule has 0 atom stereocenters. The molecule has 0 bridgehead atoms. The summed E-state index contributed by atoms with van der Waals surface area (Å²) in [7, 11) is 2.35. The second-order valence-electron chi connectivity index (χ2n) is 7.06. The summed E-state index contributed by atoms with van der Waals surface area (Å²) in [6.45, 7) is 7.14. The topological polar surface area (TPSA) is 56.8 Å². The fourth-order valence-corrected chi connectivity index (χ4v) is 4.57. The molecule has 0 spiro atoms. The Labute approximate surface area is 150 Å². The van der Waals surface area contributed by atoms with Gasteiger partial charge in [0.25, 0.3) is 0 Å². The van der Waals surface area contributed by atoms with Gasteiger partial charge in [0.15, 0.2) is 0 Å². The first-order valence-corrected chi connectivity index (χ1v) is 11.0. The van der Waals surface area contributed by atoms with Crippen LogP contribution in [-0.4, -0.2) is 42.6 Å². The zero-order chi connectivity index (χ0) is 18.5. The number of nitrogens with one attached hydrogen (secondary N) is 1. The van der Waals surface area contributed by atoms with Crippen LogP contribution in [0.4, 0.5) is 0 Å². The van der Waals surface area contributed by atoms with Crippen molar-refractivity contribution >= 4 is 14.7 Å². The van der Waals surface area contributed by atoms with Gasteiger partial charge in [0, 0.05) is 40.3 Å². The lowest BCUT2D eigenvalue weighted by Crippen LogP contribution is -2.44. The highest BCUT2D eigenvalue weighted by Crippen LogP contribution is 2.27. The summed E-state index contributed by atoms with van der Waals surface area (Å²) in [5, 5.41) is 3.05. The average Bonchev–Trinajstić information content (AvgIpc) is 2.58.